The van der Waals surface area contributed by atoms with Gasteiger partial charge in [-0.1, -0.05) is 18.2 Å². The van der Waals surface area contributed by atoms with Gasteiger partial charge in [0.2, 0.25) is 0 Å². The molecule has 2 aromatic carbocycles. The minimum absolute atomic E-state index is 0.109. The van der Waals surface area contributed by atoms with Gasteiger partial charge in [-0.2, -0.15) is 13.2 Å². The molecule has 0 atom stereocenters. The number of alkyl halides is 3. The van der Waals surface area contributed by atoms with Crippen LogP contribution in [-0.4, -0.2) is 18.0 Å². The summed E-state index contributed by atoms with van der Waals surface area (Å²) in [6.07, 6.45) is -3.00. The van der Waals surface area contributed by atoms with E-state index in [0.29, 0.717) is 16.8 Å². The van der Waals surface area contributed by atoms with Gasteiger partial charge in [0.1, 0.15) is 11.6 Å². The molecule has 1 amide bonds. The number of carbonyl (C=O) groups is 1. The number of nitrogens with one attached hydrogen (secondary N) is 1. The first-order valence-corrected chi connectivity index (χ1v) is 8.53. The normalized spacial score (nSPS) is 11.2. The predicted molar refractivity (Wildman–Crippen MR) is 98.8 cm³/mol. The predicted octanol–water partition coefficient (Wildman–Crippen LogP) is 4.85. The van der Waals surface area contributed by atoms with Crippen molar-refractivity contribution >= 4 is 5.91 Å². The van der Waals surface area contributed by atoms with E-state index in [1.807, 2.05) is 0 Å². The summed E-state index contributed by atoms with van der Waals surface area (Å²) in [5.41, 5.74) is 0.191. The third-order valence-corrected chi connectivity index (χ3v) is 4.21. The van der Waals surface area contributed by atoms with E-state index < -0.39 is 23.5 Å². The van der Waals surface area contributed by atoms with Gasteiger partial charge >= 0.3 is 6.18 Å². The van der Waals surface area contributed by atoms with E-state index in [9.17, 15) is 22.4 Å². The van der Waals surface area contributed by atoms with Crippen LogP contribution in [0.2, 0.25) is 0 Å². The highest BCUT2D eigenvalue weighted by Crippen LogP contribution is 2.38. The quantitative estimate of drug-likeness (QED) is 0.619. The van der Waals surface area contributed by atoms with Crippen molar-refractivity contribution in [2.75, 3.05) is 7.11 Å². The van der Waals surface area contributed by atoms with Crippen LogP contribution in [0, 0.1) is 5.82 Å². The second-order valence-corrected chi connectivity index (χ2v) is 6.11. The minimum atomic E-state index is -4.57. The summed E-state index contributed by atoms with van der Waals surface area (Å²) in [6, 6.07) is 12.3. The van der Waals surface area contributed by atoms with Crippen molar-refractivity contribution in [2.24, 2.45) is 0 Å². The highest BCUT2D eigenvalue weighted by Gasteiger charge is 2.34. The fourth-order valence-electron chi connectivity index (χ4n) is 2.75. The van der Waals surface area contributed by atoms with Gasteiger partial charge in [-0.25, -0.2) is 4.39 Å². The SMILES string of the molecule is COc1cc(-c2ccc(F)c(C(=O)NCc3ccccn3)c2)ccc1C(F)(F)F. The van der Waals surface area contributed by atoms with Gasteiger partial charge in [-0.15, -0.1) is 0 Å². The molecule has 0 aliphatic rings. The number of methoxy groups -OCH3 is 1. The standard InChI is InChI=1S/C21H16F4N2O2/c1-29-19-11-14(5-7-17(19)21(23,24)25)13-6-8-18(22)16(10-13)20(28)27-12-15-4-2-3-9-26-15/h2-11H,12H2,1H3,(H,27,28). The second kappa shape index (κ2) is 8.30. The maximum atomic E-state index is 14.2. The van der Waals surface area contributed by atoms with Gasteiger partial charge in [-0.05, 0) is 47.5 Å². The summed E-state index contributed by atoms with van der Waals surface area (Å²) >= 11 is 0. The van der Waals surface area contributed by atoms with Gasteiger partial charge in [0.25, 0.3) is 5.91 Å². The first-order valence-electron chi connectivity index (χ1n) is 8.53. The number of carbonyl (C=O) groups excluding carboxylic acids is 1. The Balaban J connectivity index is 1.88. The summed E-state index contributed by atoms with van der Waals surface area (Å²) in [4.78, 5) is 16.4. The van der Waals surface area contributed by atoms with Crippen LogP contribution in [0.3, 0.4) is 0 Å². The average Bonchev–Trinajstić information content (AvgIpc) is 2.72. The van der Waals surface area contributed by atoms with Gasteiger partial charge < -0.3 is 10.1 Å². The molecule has 1 heterocycles. The van der Waals surface area contributed by atoms with Gasteiger partial charge in [0.05, 0.1) is 30.5 Å². The maximum absolute atomic E-state index is 14.2. The maximum Gasteiger partial charge on any atom is 0.419 e. The van der Waals surface area contributed by atoms with Crippen molar-refractivity contribution in [3.05, 3.63) is 83.4 Å². The summed E-state index contributed by atoms with van der Waals surface area (Å²) in [7, 11) is 1.13. The van der Waals surface area contributed by atoms with Crippen molar-refractivity contribution in [3.8, 4) is 16.9 Å². The van der Waals surface area contributed by atoms with Crippen molar-refractivity contribution in [2.45, 2.75) is 12.7 Å². The van der Waals surface area contributed by atoms with E-state index in [0.717, 1.165) is 19.2 Å². The minimum Gasteiger partial charge on any atom is -0.496 e. The molecule has 0 aliphatic heterocycles. The number of hydrogen-bond donors (Lipinski definition) is 1. The summed E-state index contributed by atoms with van der Waals surface area (Å²) in [5.74, 6) is -1.76. The van der Waals surface area contributed by atoms with Crippen LogP contribution in [0.4, 0.5) is 17.6 Å². The number of halogens is 4. The number of hydrogen-bond acceptors (Lipinski definition) is 3. The molecule has 0 spiro atoms. The molecule has 29 heavy (non-hydrogen) atoms. The molecular formula is C21H16F4N2O2. The van der Waals surface area contributed by atoms with E-state index >= 15 is 0 Å². The third kappa shape index (κ3) is 4.71. The highest BCUT2D eigenvalue weighted by atomic mass is 19.4. The average molecular weight is 404 g/mol. The molecule has 0 radical (unpaired) electrons. The Hall–Kier alpha value is -3.42. The van der Waals surface area contributed by atoms with Crippen molar-refractivity contribution in [3.63, 3.8) is 0 Å². The van der Waals surface area contributed by atoms with E-state index in [1.165, 1.54) is 24.3 Å². The Labute approximate surface area is 164 Å². The van der Waals surface area contributed by atoms with E-state index in [1.54, 1.807) is 24.4 Å². The molecule has 0 fully saturated rings. The molecule has 3 rings (SSSR count). The molecule has 0 saturated carbocycles. The van der Waals surface area contributed by atoms with E-state index in [-0.39, 0.29) is 17.9 Å². The molecule has 150 valence electrons. The molecule has 0 aliphatic carbocycles. The zero-order valence-corrected chi connectivity index (χ0v) is 15.3. The van der Waals surface area contributed by atoms with Crippen molar-refractivity contribution in [1.29, 1.82) is 0 Å². The summed E-state index contributed by atoms with van der Waals surface area (Å²) < 4.78 is 58.1. The molecule has 0 bridgehead atoms. The Morgan fingerprint density at radius 2 is 1.79 bits per heavy atom. The Morgan fingerprint density at radius 1 is 1.07 bits per heavy atom. The Morgan fingerprint density at radius 3 is 2.45 bits per heavy atom. The topological polar surface area (TPSA) is 51.2 Å². The number of amides is 1. The Kier molecular flexibility index (Phi) is 5.81. The number of nitrogens with zero attached hydrogens (tertiary/aromatic N) is 1. The van der Waals surface area contributed by atoms with Crippen LogP contribution >= 0.6 is 0 Å². The van der Waals surface area contributed by atoms with Crippen LogP contribution < -0.4 is 10.1 Å². The first-order chi connectivity index (χ1) is 13.8. The van der Waals surface area contributed by atoms with Gasteiger partial charge in [0, 0.05) is 6.20 Å². The lowest BCUT2D eigenvalue weighted by atomic mass is 10.00. The van der Waals surface area contributed by atoms with Crippen LogP contribution in [-0.2, 0) is 12.7 Å². The van der Waals surface area contributed by atoms with E-state index in [4.69, 9.17) is 4.74 Å². The number of pyridine rings is 1. The summed E-state index contributed by atoms with van der Waals surface area (Å²) in [5, 5.41) is 2.57. The van der Waals surface area contributed by atoms with Crippen LogP contribution in [0.1, 0.15) is 21.6 Å². The monoisotopic (exact) mass is 404 g/mol. The molecule has 1 aromatic heterocycles. The number of aromatic nitrogens is 1. The Bertz CT molecular complexity index is 1020. The first kappa shape index (κ1) is 20.3. The van der Waals surface area contributed by atoms with Gasteiger partial charge in [-0.3, -0.25) is 9.78 Å². The lowest BCUT2D eigenvalue weighted by molar-refractivity contribution is -0.138. The lowest BCUT2D eigenvalue weighted by Crippen LogP contribution is -2.24. The second-order valence-electron chi connectivity index (χ2n) is 6.11. The summed E-state index contributed by atoms with van der Waals surface area (Å²) in [6.45, 7) is 0.109. The molecule has 0 unspecified atom stereocenters. The smallest absolute Gasteiger partial charge is 0.419 e. The fraction of sp³-hybridized carbons (Fsp3) is 0.143. The lowest BCUT2D eigenvalue weighted by Gasteiger charge is -2.14. The molecule has 4 nitrogen and oxygen atoms in total. The largest absolute Gasteiger partial charge is 0.496 e. The zero-order chi connectivity index (χ0) is 21.0. The van der Waals surface area contributed by atoms with Crippen LogP contribution in [0.15, 0.2) is 60.8 Å². The third-order valence-electron chi connectivity index (χ3n) is 4.21. The molecular weight excluding hydrogens is 388 g/mol. The van der Waals surface area contributed by atoms with Crippen LogP contribution in [0.5, 0.6) is 5.75 Å². The fourth-order valence-corrected chi connectivity index (χ4v) is 2.75. The zero-order valence-electron chi connectivity index (χ0n) is 15.3. The van der Waals surface area contributed by atoms with Crippen molar-refractivity contribution in [1.82, 2.24) is 10.3 Å². The number of benzene rings is 2. The number of ether oxygens (including phenoxy) is 1. The van der Waals surface area contributed by atoms with Gasteiger partial charge in [0.15, 0.2) is 0 Å². The molecule has 8 heteroatoms. The van der Waals surface area contributed by atoms with Crippen LogP contribution in [0.25, 0.3) is 11.1 Å². The van der Waals surface area contributed by atoms with E-state index in [2.05, 4.69) is 10.3 Å². The highest BCUT2D eigenvalue weighted by molar-refractivity contribution is 5.95. The molecule has 0 saturated heterocycles. The number of rotatable bonds is 5. The van der Waals surface area contributed by atoms with Crippen molar-refractivity contribution < 1.29 is 27.1 Å². The molecule has 3 aromatic rings. The molecule has 1 N–H and O–H groups in total.